The van der Waals surface area contributed by atoms with Crippen LogP contribution in [0.3, 0.4) is 0 Å². The highest BCUT2D eigenvalue weighted by molar-refractivity contribution is 7.91. The van der Waals surface area contributed by atoms with E-state index in [9.17, 15) is 8.42 Å². The molecule has 108 valence electrons. The molecule has 0 unspecified atom stereocenters. The lowest BCUT2D eigenvalue weighted by atomic mass is 10.2. The van der Waals surface area contributed by atoms with Gasteiger partial charge in [0.2, 0.25) is 0 Å². The predicted molar refractivity (Wildman–Crippen MR) is 78.0 cm³/mol. The summed E-state index contributed by atoms with van der Waals surface area (Å²) in [7, 11) is -3.25. The van der Waals surface area contributed by atoms with Crippen molar-refractivity contribution in [2.75, 3.05) is 18.8 Å². The van der Waals surface area contributed by atoms with Gasteiger partial charge in [-0.05, 0) is 49.6 Å². The van der Waals surface area contributed by atoms with Gasteiger partial charge >= 0.3 is 0 Å². The lowest BCUT2D eigenvalue weighted by Gasteiger charge is -2.06. The number of benzene rings is 1. The number of hydrogen-bond donors (Lipinski definition) is 1. The van der Waals surface area contributed by atoms with Crippen LogP contribution in [0.25, 0.3) is 0 Å². The second-order valence-corrected chi connectivity index (χ2v) is 7.40. The first-order valence-corrected chi connectivity index (χ1v) is 8.71. The number of nitrogens with zero attached hydrogens (tertiary/aromatic N) is 1. The van der Waals surface area contributed by atoms with Crippen molar-refractivity contribution in [3.05, 3.63) is 29.8 Å². The number of nitrogens with one attached hydrogen (secondary N) is 1. The van der Waals surface area contributed by atoms with Crippen molar-refractivity contribution >= 4 is 9.84 Å². The molecule has 1 aromatic rings. The van der Waals surface area contributed by atoms with E-state index in [2.05, 4.69) is 5.32 Å². The van der Waals surface area contributed by atoms with Crippen LogP contribution in [0.5, 0.6) is 0 Å². The van der Waals surface area contributed by atoms with E-state index in [1.165, 1.54) is 43.5 Å². The average Bonchev–Trinajstić information content (AvgIpc) is 3.27. The second kappa shape index (κ2) is 6.87. The Balaban J connectivity index is 1.73. The molecule has 1 aliphatic carbocycles. The minimum atomic E-state index is -3.25. The quantitative estimate of drug-likeness (QED) is 0.745. The van der Waals surface area contributed by atoms with Crippen molar-refractivity contribution in [3.8, 4) is 6.07 Å². The highest BCUT2D eigenvalue weighted by Gasteiger charge is 2.20. The Morgan fingerprint density at radius 3 is 2.50 bits per heavy atom. The summed E-state index contributed by atoms with van der Waals surface area (Å²) in [5.41, 5.74) is 0.474. The van der Waals surface area contributed by atoms with Gasteiger partial charge in [0, 0.05) is 6.54 Å². The van der Waals surface area contributed by atoms with Crippen molar-refractivity contribution in [3.63, 3.8) is 0 Å². The SMILES string of the molecule is N#Cc1ccc(S(=O)(=O)CCNCCCC2CC2)cc1. The summed E-state index contributed by atoms with van der Waals surface area (Å²) in [6.45, 7) is 1.37. The Bertz CT molecular complexity index is 569. The summed E-state index contributed by atoms with van der Waals surface area (Å²) in [5.74, 6) is 1.03. The van der Waals surface area contributed by atoms with Gasteiger partial charge in [-0.2, -0.15) is 5.26 Å². The summed E-state index contributed by atoms with van der Waals surface area (Å²) >= 11 is 0. The Morgan fingerprint density at radius 1 is 1.20 bits per heavy atom. The first kappa shape index (κ1) is 15.0. The van der Waals surface area contributed by atoms with Gasteiger partial charge in [0.1, 0.15) is 0 Å². The van der Waals surface area contributed by atoms with E-state index >= 15 is 0 Å². The molecule has 0 atom stereocenters. The molecule has 0 spiro atoms. The Morgan fingerprint density at radius 2 is 1.90 bits per heavy atom. The molecule has 0 radical (unpaired) electrons. The topological polar surface area (TPSA) is 70.0 Å². The first-order chi connectivity index (χ1) is 9.62. The molecule has 1 N–H and O–H groups in total. The van der Waals surface area contributed by atoms with E-state index in [1.54, 1.807) is 0 Å². The molecule has 20 heavy (non-hydrogen) atoms. The van der Waals surface area contributed by atoms with Crippen LogP contribution in [0, 0.1) is 17.2 Å². The summed E-state index contributed by atoms with van der Waals surface area (Å²) in [5, 5.41) is 11.9. The Labute approximate surface area is 120 Å². The van der Waals surface area contributed by atoms with Crippen LogP contribution < -0.4 is 5.32 Å². The molecule has 0 aromatic heterocycles. The smallest absolute Gasteiger partial charge is 0.179 e. The summed E-state index contributed by atoms with van der Waals surface area (Å²) in [4.78, 5) is 0.288. The lowest BCUT2D eigenvalue weighted by molar-refractivity contribution is 0.581. The van der Waals surface area contributed by atoms with Gasteiger partial charge in [0.25, 0.3) is 0 Å². The van der Waals surface area contributed by atoms with Crippen LogP contribution in [0.15, 0.2) is 29.2 Å². The fourth-order valence-corrected chi connectivity index (χ4v) is 3.31. The molecular formula is C15H20N2O2S. The molecule has 1 fully saturated rings. The minimum absolute atomic E-state index is 0.0995. The third-order valence-electron chi connectivity index (χ3n) is 3.55. The maximum atomic E-state index is 12.1. The molecule has 0 heterocycles. The Hall–Kier alpha value is -1.38. The summed E-state index contributed by atoms with van der Waals surface area (Å²) in [6, 6.07) is 8.06. The van der Waals surface area contributed by atoms with Gasteiger partial charge in [-0.3, -0.25) is 0 Å². The van der Waals surface area contributed by atoms with Crippen molar-refractivity contribution in [2.24, 2.45) is 5.92 Å². The van der Waals surface area contributed by atoms with Gasteiger partial charge in [-0.1, -0.05) is 12.8 Å². The maximum absolute atomic E-state index is 12.1. The van der Waals surface area contributed by atoms with E-state index in [0.717, 1.165) is 18.9 Å². The zero-order valence-corrected chi connectivity index (χ0v) is 12.3. The van der Waals surface area contributed by atoms with Crippen LogP contribution >= 0.6 is 0 Å². The highest BCUT2D eigenvalue weighted by atomic mass is 32.2. The number of hydrogen-bond acceptors (Lipinski definition) is 4. The minimum Gasteiger partial charge on any atom is -0.316 e. The summed E-state index contributed by atoms with van der Waals surface area (Å²) < 4.78 is 24.1. The van der Waals surface area contributed by atoms with Crippen molar-refractivity contribution in [2.45, 2.75) is 30.6 Å². The summed E-state index contributed by atoms with van der Waals surface area (Å²) in [6.07, 6.45) is 5.12. The fourth-order valence-electron chi connectivity index (χ4n) is 2.11. The molecule has 4 nitrogen and oxygen atoms in total. The molecule has 0 amide bonds. The monoisotopic (exact) mass is 292 g/mol. The molecule has 0 bridgehead atoms. The van der Waals surface area contributed by atoms with E-state index in [-0.39, 0.29) is 10.6 Å². The molecule has 1 saturated carbocycles. The standard InChI is InChI=1S/C15H20N2O2S/c16-12-14-5-7-15(8-6-14)20(18,19)11-10-17-9-1-2-13-3-4-13/h5-8,13,17H,1-4,9-11H2. The molecule has 0 saturated heterocycles. The predicted octanol–water partition coefficient (Wildman–Crippen LogP) is 2.11. The van der Waals surface area contributed by atoms with Crippen LogP contribution in [0.4, 0.5) is 0 Å². The Kier molecular flexibility index (Phi) is 5.16. The molecular weight excluding hydrogens is 272 g/mol. The zero-order chi connectivity index (χ0) is 14.4. The van der Waals surface area contributed by atoms with Crippen LogP contribution in [-0.2, 0) is 9.84 Å². The molecule has 1 aromatic carbocycles. The second-order valence-electron chi connectivity index (χ2n) is 5.29. The largest absolute Gasteiger partial charge is 0.316 e. The number of rotatable bonds is 8. The van der Waals surface area contributed by atoms with Crippen LogP contribution in [-0.4, -0.2) is 27.3 Å². The third kappa shape index (κ3) is 4.62. The van der Waals surface area contributed by atoms with Gasteiger partial charge in [0.05, 0.1) is 22.3 Å². The highest BCUT2D eigenvalue weighted by Crippen LogP contribution is 2.33. The molecule has 5 heteroatoms. The maximum Gasteiger partial charge on any atom is 0.179 e. The van der Waals surface area contributed by atoms with E-state index in [1.807, 2.05) is 6.07 Å². The van der Waals surface area contributed by atoms with Gasteiger partial charge in [-0.15, -0.1) is 0 Å². The normalized spacial score (nSPS) is 14.9. The van der Waals surface area contributed by atoms with Crippen molar-refractivity contribution in [1.29, 1.82) is 5.26 Å². The van der Waals surface area contributed by atoms with Crippen LogP contribution in [0.2, 0.25) is 0 Å². The van der Waals surface area contributed by atoms with Crippen LogP contribution in [0.1, 0.15) is 31.2 Å². The third-order valence-corrected chi connectivity index (χ3v) is 5.28. The van der Waals surface area contributed by atoms with Crippen molar-refractivity contribution < 1.29 is 8.42 Å². The average molecular weight is 292 g/mol. The molecule has 0 aliphatic heterocycles. The molecule has 2 rings (SSSR count). The van der Waals surface area contributed by atoms with E-state index in [4.69, 9.17) is 5.26 Å². The van der Waals surface area contributed by atoms with Gasteiger partial charge in [0.15, 0.2) is 9.84 Å². The number of sulfone groups is 1. The molecule has 1 aliphatic rings. The van der Waals surface area contributed by atoms with Gasteiger partial charge < -0.3 is 5.32 Å². The zero-order valence-electron chi connectivity index (χ0n) is 11.5. The number of nitriles is 1. The van der Waals surface area contributed by atoms with E-state index in [0.29, 0.717) is 12.1 Å². The van der Waals surface area contributed by atoms with E-state index < -0.39 is 9.84 Å². The first-order valence-electron chi connectivity index (χ1n) is 7.05. The van der Waals surface area contributed by atoms with Crippen molar-refractivity contribution in [1.82, 2.24) is 5.32 Å². The fraction of sp³-hybridized carbons (Fsp3) is 0.533. The lowest BCUT2D eigenvalue weighted by Crippen LogP contribution is -2.24. The van der Waals surface area contributed by atoms with Gasteiger partial charge in [-0.25, -0.2) is 8.42 Å².